The summed E-state index contributed by atoms with van der Waals surface area (Å²) in [5.74, 6) is -0.731. The summed E-state index contributed by atoms with van der Waals surface area (Å²) >= 11 is 0. The lowest BCUT2D eigenvalue weighted by molar-refractivity contribution is -0.147. The van der Waals surface area contributed by atoms with E-state index in [2.05, 4.69) is 15.2 Å². The van der Waals surface area contributed by atoms with Crippen molar-refractivity contribution in [3.8, 4) is 0 Å². The molecule has 7 heteroatoms. The first-order chi connectivity index (χ1) is 6.50. The number of hydrogen-bond donors (Lipinski definition) is 0. The van der Waals surface area contributed by atoms with Crippen LogP contribution in [0.2, 0.25) is 0 Å². The molecule has 0 N–H and O–H groups in total. The quantitative estimate of drug-likeness (QED) is 0.635. The van der Waals surface area contributed by atoms with E-state index in [1.807, 2.05) is 0 Å². The molecule has 0 atom stereocenters. The molecule has 1 aromatic rings. The Labute approximate surface area is 77.5 Å². The maximum Gasteiger partial charge on any atom is 0.451 e. The Bertz CT molecular complexity index is 390. The number of hydrogen-bond acceptors (Lipinski definition) is 3. The third-order valence-electron chi connectivity index (χ3n) is 2.00. The summed E-state index contributed by atoms with van der Waals surface area (Å²) in [7, 11) is 0. The van der Waals surface area contributed by atoms with Crippen molar-refractivity contribution in [2.24, 2.45) is 4.99 Å². The Balaban J connectivity index is 2.53. The van der Waals surface area contributed by atoms with Crippen molar-refractivity contribution < 1.29 is 13.2 Å². The molecule has 1 aliphatic rings. The van der Waals surface area contributed by atoms with Crippen molar-refractivity contribution in [1.82, 2.24) is 14.8 Å². The third-order valence-corrected chi connectivity index (χ3v) is 2.00. The molecule has 1 aromatic heterocycles. The minimum atomic E-state index is -4.44. The fourth-order valence-corrected chi connectivity index (χ4v) is 1.38. The lowest BCUT2D eigenvalue weighted by Crippen LogP contribution is -2.22. The zero-order valence-electron chi connectivity index (χ0n) is 7.34. The number of aromatic nitrogens is 3. The minimum Gasteiger partial charge on any atom is -0.300 e. The molecular weight excluding hydrogens is 197 g/mol. The normalized spacial score (nSPS) is 16.4. The molecule has 2 rings (SSSR count). The van der Waals surface area contributed by atoms with E-state index in [-0.39, 0.29) is 12.4 Å². The van der Waals surface area contributed by atoms with E-state index in [0.29, 0.717) is 12.3 Å². The van der Waals surface area contributed by atoms with Crippen LogP contribution in [0.15, 0.2) is 4.99 Å². The van der Waals surface area contributed by atoms with Crippen molar-refractivity contribution in [3.05, 3.63) is 11.6 Å². The van der Waals surface area contributed by atoms with E-state index < -0.39 is 12.0 Å². The van der Waals surface area contributed by atoms with Gasteiger partial charge in [-0.05, 0) is 6.92 Å². The Morgan fingerprint density at radius 1 is 1.29 bits per heavy atom. The van der Waals surface area contributed by atoms with Gasteiger partial charge in [0, 0.05) is 6.54 Å². The molecule has 0 bridgehead atoms. The van der Waals surface area contributed by atoms with Gasteiger partial charge in [0.2, 0.25) is 5.82 Å². The van der Waals surface area contributed by atoms with Gasteiger partial charge in [0.05, 0.1) is 12.3 Å². The largest absolute Gasteiger partial charge is 0.451 e. The van der Waals surface area contributed by atoms with Crippen LogP contribution in [0.3, 0.4) is 0 Å². The highest BCUT2D eigenvalue weighted by atomic mass is 19.4. The fourth-order valence-electron chi connectivity index (χ4n) is 1.38. The van der Waals surface area contributed by atoms with Crippen molar-refractivity contribution in [3.63, 3.8) is 0 Å². The molecule has 0 aliphatic carbocycles. The molecule has 0 aromatic carbocycles. The van der Waals surface area contributed by atoms with Gasteiger partial charge < -0.3 is 4.57 Å². The number of rotatable bonds is 0. The van der Waals surface area contributed by atoms with Gasteiger partial charge in [0.15, 0.2) is 5.82 Å². The van der Waals surface area contributed by atoms with Crippen molar-refractivity contribution in [2.75, 3.05) is 6.54 Å². The van der Waals surface area contributed by atoms with Gasteiger partial charge in [0.25, 0.3) is 0 Å². The molecule has 0 amide bonds. The van der Waals surface area contributed by atoms with Crippen molar-refractivity contribution >= 4 is 5.71 Å². The molecular formula is C7H7F3N4. The second-order valence-electron chi connectivity index (χ2n) is 2.96. The molecule has 0 spiro atoms. The van der Waals surface area contributed by atoms with Crippen LogP contribution in [0.5, 0.6) is 0 Å². The van der Waals surface area contributed by atoms with E-state index in [4.69, 9.17) is 0 Å². The summed E-state index contributed by atoms with van der Waals surface area (Å²) in [4.78, 5) is 3.99. The average molecular weight is 204 g/mol. The predicted octanol–water partition coefficient (Wildman–Crippen LogP) is 1.12. The molecule has 0 unspecified atom stereocenters. The molecule has 2 heterocycles. The standard InChI is InChI=1S/C7H7F3N4/c1-4-5-12-13-6(7(8,9)10)14(5)3-2-11-4/h2-3H2,1H3. The van der Waals surface area contributed by atoms with E-state index in [9.17, 15) is 13.2 Å². The minimum absolute atomic E-state index is 0.189. The van der Waals surface area contributed by atoms with E-state index in [1.54, 1.807) is 6.92 Å². The van der Waals surface area contributed by atoms with Crippen LogP contribution < -0.4 is 0 Å². The van der Waals surface area contributed by atoms with E-state index in [0.717, 1.165) is 4.57 Å². The summed E-state index contributed by atoms with van der Waals surface area (Å²) in [6.07, 6.45) is -4.44. The Hall–Kier alpha value is -1.40. The summed E-state index contributed by atoms with van der Waals surface area (Å²) in [5, 5.41) is 6.59. The Morgan fingerprint density at radius 2 is 2.00 bits per heavy atom. The molecule has 0 fully saturated rings. The van der Waals surface area contributed by atoms with Gasteiger partial charge >= 0.3 is 6.18 Å². The summed E-state index contributed by atoms with van der Waals surface area (Å²) < 4.78 is 38.2. The SMILES string of the molecule is CC1=NCCn2c1nnc2C(F)(F)F. The number of halogens is 3. The molecule has 0 radical (unpaired) electrons. The number of fused-ring (bicyclic) bond motifs is 1. The predicted molar refractivity (Wildman–Crippen MR) is 42.1 cm³/mol. The molecule has 76 valence electrons. The first kappa shape index (κ1) is 9.17. The third kappa shape index (κ3) is 1.28. The summed E-state index contributed by atoms with van der Waals surface area (Å²) in [6.45, 7) is 2.16. The first-order valence-electron chi connectivity index (χ1n) is 4.02. The summed E-state index contributed by atoms with van der Waals surface area (Å²) in [5.41, 5.74) is 0.499. The maximum atomic E-state index is 12.4. The van der Waals surface area contributed by atoms with Crippen LogP contribution in [-0.4, -0.2) is 27.0 Å². The maximum absolute atomic E-state index is 12.4. The Kier molecular flexibility index (Phi) is 1.83. The molecule has 1 aliphatic heterocycles. The van der Waals surface area contributed by atoms with Gasteiger partial charge in [0.1, 0.15) is 0 Å². The van der Waals surface area contributed by atoms with Gasteiger partial charge in [-0.3, -0.25) is 4.99 Å². The topological polar surface area (TPSA) is 43.1 Å². The monoisotopic (exact) mass is 204 g/mol. The van der Waals surface area contributed by atoms with Crippen LogP contribution >= 0.6 is 0 Å². The first-order valence-corrected chi connectivity index (χ1v) is 4.02. The van der Waals surface area contributed by atoms with Crippen molar-refractivity contribution in [2.45, 2.75) is 19.6 Å². The highest BCUT2D eigenvalue weighted by Crippen LogP contribution is 2.28. The fraction of sp³-hybridized carbons (Fsp3) is 0.571. The number of nitrogens with zero attached hydrogens (tertiary/aromatic N) is 4. The van der Waals surface area contributed by atoms with Gasteiger partial charge in [-0.2, -0.15) is 13.2 Å². The van der Waals surface area contributed by atoms with Gasteiger partial charge in [-0.1, -0.05) is 0 Å². The zero-order chi connectivity index (χ0) is 10.3. The lowest BCUT2D eigenvalue weighted by Gasteiger charge is -2.14. The molecule has 0 saturated carbocycles. The van der Waals surface area contributed by atoms with E-state index >= 15 is 0 Å². The van der Waals surface area contributed by atoms with Crippen LogP contribution in [-0.2, 0) is 12.7 Å². The number of aliphatic imine (C=N–C) groups is 1. The molecule has 4 nitrogen and oxygen atoms in total. The van der Waals surface area contributed by atoms with Crippen molar-refractivity contribution in [1.29, 1.82) is 0 Å². The van der Waals surface area contributed by atoms with Gasteiger partial charge in [-0.25, -0.2) is 0 Å². The second-order valence-corrected chi connectivity index (χ2v) is 2.96. The molecule has 0 saturated heterocycles. The van der Waals surface area contributed by atoms with Crippen LogP contribution in [0.25, 0.3) is 0 Å². The molecule has 14 heavy (non-hydrogen) atoms. The zero-order valence-corrected chi connectivity index (χ0v) is 7.34. The highest BCUT2D eigenvalue weighted by molar-refractivity contribution is 5.95. The smallest absolute Gasteiger partial charge is 0.300 e. The van der Waals surface area contributed by atoms with Crippen LogP contribution in [0.4, 0.5) is 13.2 Å². The second kappa shape index (κ2) is 2.79. The number of alkyl halides is 3. The lowest BCUT2D eigenvalue weighted by atomic mass is 10.3. The Morgan fingerprint density at radius 3 is 2.64 bits per heavy atom. The average Bonchev–Trinajstić information content (AvgIpc) is 2.47. The summed E-state index contributed by atoms with van der Waals surface area (Å²) in [6, 6.07) is 0. The van der Waals surface area contributed by atoms with Crippen LogP contribution in [0, 0.1) is 0 Å². The van der Waals surface area contributed by atoms with E-state index in [1.165, 1.54) is 0 Å². The van der Waals surface area contributed by atoms with Crippen LogP contribution in [0.1, 0.15) is 18.6 Å². The van der Waals surface area contributed by atoms with Gasteiger partial charge in [-0.15, -0.1) is 10.2 Å². The highest BCUT2D eigenvalue weighted by Gasteiger charge is 2.39.